The highest BCUT2D eigenvalue weighted by Crippen LogP contribution is 2.31. The highest BCUT2D eigenvalue weighted by Gasteiger charge is 2.34. The van der Waals surface area contributed by atoms with Crippen LogP contribution in [0.2, 0.25) is 10.0 Å². The number of benzene rings is 3. The Morgan fingerprint density at radius 3 is 2.15 bits per heavy atom. The summed E-state index contributed by atoms with van der Waals surface area (Å²) in [4.78, 5) is 28.7. The van der Waals surface area contributed by atoms with E-state index in [1.54, 1.807) is 12.1 Å². The van der Waals surface area contributed by atoms with Crippen molar-refractivity contribution in [3.8, 4) is 0 Å². The van der Waals surface area contributed by atoms with Gasteiger partial charge in [-0.2, -0.15) is 0 Å². The van der Waals surface area contributed by atoms with Gasteiger partial charge in [-0.1, -0.05) is 77.7 Å². The first-order chi connectivity index (χ1) is 18.8. The van der Waals surface area contributed by atoms with Crippen molar-refractivity contribution in [2.24, 2.45) is 0 Å². The van der Waals surface area contributed by atoms with E-state index in [0.717, 1.165) is 21.0 Å². The second-order valence-corrected chi connectivity index (χ2v) is 12.7. The number of hydrogen-bond donors (Lipinski definition) is 1. The van der Waals surface area contributed by atoms with Gasteiger partial charge in [-0.3, -0.25) is 13.9 Å². The minimum absolute atomic E-state index is 0.0202. The number of halogens is 2. The van der Waals surface area contributed by atoms with Gasteiger partial charge in [-0.05, 0) is 70.0 Å². The summed E-state index contributed by atoms with van der Waals surface area (Å²) >= 11 is 12.4. The van der Waals surface area contributed by atoms with E-state index in [1.165, 1.54) is 35.2 Å². The maximum Gasteiger partial charge on any atom is 0.264 e. The third-order valence-corrected chi connectivity index (χ3v) is 8.86. The number of hydrogen-bond acceptors (Lipinski definition) is 4. The molecule has 1 N–H and O–H groups in total. The van der Waals surface area contributed by atoms with Gasteiger partial charge in [-0.25, -0.2) is 8.42 Å². The topological polar surface area (TPSA) is 86.8 Å². The first-order valence-electron chi connectivity index (χ1n) is 13.0. The minimum Gasteiger partial charge on any atom is -0.352 e. The van der Waals surface area contributed by atoms with Crippen molar-refractivity contribution in [2.75, 3.05) is 10.8 Å². The van der Waals surface area contributed by atoms with Gasteiger partial charge >= 0.3 is 0 Å². The van der Waals surface area contributed by atoms with Gasteiger partial charge in [0.05, 0.1) is 20.6 Å². The summed E-state index contributed by atoms with van der Waals surface area (Å²) in [7, 11) is -4.20. The highest BCUT2D eigenvalue weighted by molar-refractivity contribution is 7.92. The monoisotopic (exact) mass is 603 g/mol. The molecule has 0 saturated heterocycles. The van der Waals surface area contributed by atoms with Crippen LogP contribution in [0, 0.1) is 13.8 Å². The van der Waals surface area contributed by atoms with Crippen molar-refractivity contribution in [2.45, 2.75) is 64.6 Å². The fraction of sp³-hybridized carbons (Fsp3) is 0.333. The molecule has 2 amide bonds. The summed E-state index contributed by atoms with van der Waals surface area (Å²) in [6.45, 7) is 8.89. The maximum absolute atomic E-state index is 14.1. The molecule has 0 bridgehead atoms. The van der Waals surface area contributed by atoms with Crippen molar-refractivity contribution < 1.29 is 18.0 Å². The van der Waals surface area contributed by atoms with Crippen molar-refractivity contribution in [1.82, 2.24) is 10.2 Å². The Hall–Kier alpha value is -3.07. The van der Waals surface area contributed by atoms with Gasteiger partial charge in [-0.15, -0.1) is 0 Å². The number of rotatable bonds is 11. The van der Waals surface area contributed by atoms with Crippen LogP contribution in [0.4, 0.5) is 5.69 Å². The van der Waals surface area contributed by atoms with Crippen LogP contribution in [0.25, 0.3) is 0 Å². The first-order valence-corrected chi connectivity index (χ1v) is 15.2. The van der Waals surface area contributed by atoms with Crippen LogP contribution in [-0.2, 0) is 26.2 Å². The lowest BCUT2D eigenvalue weighted by Gasteiger charge is -2.33. The zero-order chi connectivity index (χ0) is 29.6. The van der Waals surface area contributed by atoms with E-state index in [-0.39, 0.29) is 39.1 Å². The lowest BCUT2D eigenvalue weighted by Crippen LogP contribution is -2.53. The van der Waals surface area contributed by atoms with Crippen molar-refractivity contribution in [1.29, 1.82) is 0 Å². The zero-order valence-electron chi connectivity index (χ0n) is 23.3. The van der Waals surface area contributed by atoms with Crippen molar-refractivity contribution >= 4 is 50.7 Å². The fourth-order valence-corrected chi connectivity index (χ4v) is 6.01. The van der Waals surface area contributed by atoms with E-state index in [0.29, 0.717) is 6.42 Å². The summed E-state index contributed by atoms with van der Waals surface area (Å²) in [5, 5.41) is 3.29. The molecular formula is C30H35Cl2N3O4S. The molecule has 40 heavy (non-hydrogen) atoms. The lowest BCUT2D eigenvalue weighted by atomic mass is 10.1. The Labute approximate surface area is 247 Å². The quantitative estimate of drug-likeness (QED) is 0.285. The third kappa shape index (κ3) is 7.77. The molecule has 0 saturated carbocycles. The molecule has 0 aliphatic rings. The molecule has 3 aromatic rings. The van der Waals surface area contributed by atoms with E-state index in [2.05, 4.69) is 5.32 Å². The second kappa shape index (κ2) is 13.5. The molecule has 0 unspecified atom stereocenters. The van der Waals surface area contributed by atoms with E-state index >= 15 is 0 Å². The number of sulfonamides is 1. The Morgan fingerprint density at radius 2 is 1.57 bits per heavy atom. The molecule has 3 rings (SSSR count). The zero-order valence-corrected chi connectivity index (χ0v) is 25.6. The molecule has 0 heterocycles. The number of carbonyl (C=O) groups excluding carboxylic acids is 2. The normalized spacial score (nSPS) is 12.2. The first kappa shape index (κ1) is 31.5. The van der Waals surface area contributed by atoms with E-state index in [4.69, 9.17) is 23.2 Å². The second-order valence-electron chi connectivity index (χ2n) is 10.0. The highest BCUT2D eigenvalue weighted by atomic mass is 35.5. The van der Waals surface area contributed by atoms with Gasteiger partial charge < -0.3 is 10.2 Å². The van der Waals surface area contributed by atoms with Crippen molar-refractivity contribution in [3.05, 3.63) is 93.5 Å². The van der Waals surface area contributed by atoms with Crippen LogP contribution in [0.5, 0.6) is 0 Å². The molecule has 0 aromatic heterocycles. The standard InChI is InChI=1S/C30H35Cl2N3O4S/c1-6-28(30(37)33-20(2)3)34(18-23-9-7-8-22(5)16-23)29(36)19-35(24-12-15-26(31)27(32)17-24)40(38,39)25-13-10-21(4)11-14-25/h7-17,20,28H,6,18-19H2,1-5H3,(H,33,37)/t28-/m1/s1. The SMILES string of the molecule is CC[C@H](C(=O)NC(C)C)N(Cc1cccc(C)c1)C(=O)CN(c1ccc(Cl)c(Cl)c1)S(=O)(=O)c1ccc(C)cc1. The summed E-state index contributed by atoms with van der Waals surface area (Å²) in [5.41, 5.74) is 2.90. The molecule has 10 heteroatoms. The molecule has 1 atom stereocenters. The molecule has 7 nitrogen and oxygen atoms in total. The molecule has 3 aromatic carbocycles. The van der Waals surface area contributed by atoms with Gasteiger partial charge in [0.2, 0.25) is 11.8 Å². The average Bonchev–Trinajstić information content (AvgIpc) is 2.88. The number of nitrogens with zero attached hydrogens (tertiary/aromatic N) is 2. The molecule has 0 aliphatic carbocycles. The smallest absolute Gasteiger partial charge is 0.264 e. The third-order valence-electron chi connectivity index (χ3n) is 6.33. The van der Waals surface area contributed by atoms with Crippen molar-refractivity contribution in [3.63, 3.8) is 0 Å². The fourth-order valence-electron chi connectivity index (χ4n) is 4.31. The van der Waals surface area contributed by atoms with Crippen LogP contribution in [0.1, 0.15) is 43.9 Å². The maximum atomic E-state index is 14.1. The molecule has 0 spiro atoms. The largest absolute Gasteiger partial charge is 0.352 e. The van der Waals surface area contributed by atoms with E-state index in [1.807, 2.05) is 58.9 Å². The predicted octanol–water partition coefficient (Wildman–Crippen LogP) is 6.14. The van der Waals surface area contributed by atoms with Crippen LogP contribution < -0.4 is 9.62 Å². The Bertz CT molecular complexity index is 1460. The number of anilines is 1. The summed E-state index contributed by atoms with van der Waals surface area (Å²) < 4.78 is 28.9. The molecule has 0 aliphatic heterocycles. The predicted molar refractivity (Wildman–Crippen MR) is 161 cm³/mol. The molecule has 0 radical (unpaired) electrons. The van der Waals surface area contributed by atoms with Gasteiger partial charge in [0.1, 0.15) is 12.6 Å². The summed E-state index contributed by atoms with van der Waals surface area (Å²) in [6.07, 6.45) is 0.341. The lowest BCUT2D eigenvalue weighted by molar-refractivity contribution is -0.140. The summed E-state index contributed by atoms with van der Waals surface area (Å²) in [6, 6.07) is 17.5. The molecule has 214 valence electrons. The number of carbonyl (C=O) groups is 2. The molecule has 0 fully saturated rings. The average molecular weight is 605 g/mol. The van der Waals surface area contributed by atoms with Crippen LogP contribution >= 0.6 is 23.2 Å². The van der Waals surface area contributed by atoms with Gasteiger partial charge in [0, 0.05) is 12.6 Å². The Balaban J connectivity index is 2.09. The van der Waals surface area contributed by atoms with Gasteiger partial charge in [0.25, 0.3) is 10.0 Å². The van der Waals surface area contributed by atoms with Crippen LogP contribution in [0.3, 0.4) is 0 Å². The van der Waals surface area contributed by atoms with E-state index < -0.39 is 28.5 Å². The number of nitrogens with one attached hydrogen (secondary N) is 1. The summed E-state index contributed by atoms with van der Waals surface area (Å²) in [5.74, 6) is -0.838. The molecular weight excluding hydrogens is 569 g/mol. The minimum atomic E-state index is -4.20. The number of amides is 2. The van der Waals surface area contributed by atoms with Gasteiger partial charge in [0.15, 0.2) is 0 Å². The Kier molecular flexibility index (Phi) is 10.6. The van der Waals surface area contributed by atoms with Crippen LogP contribution in [-0.4, -0.2) is 43.8 Å². The van der Waals surface area contributed by atoms with Crippen LogP contribution in [0.15, 0.2) is 71.6 Å². The Morgan fingerprint density at radius 1 is 0.900 bits per heavy atom. The number of aryl methyl sites for hydroxylation is 2. The van der Waals surface area contributed by atoms with E-state index in [9.17, 15) is 18.0 Å².